The Morgan fingerprint density at radius 3 is 2.65 bits per heavy atom. The van der Waals surface area contributed by atoms with Gasteiger partial charge in [-0.1, -0.05) is 31.5 Å². The van der Waals surface area contributed by atoms with Gasteiger partial charge in [-0.05, 0) is 30.2 Å². The molecule has 1 aliphatic rings. The summed E-state index contributed by atoms with van der Waals surface area (Å²) in [5.74, 6) is -0.218. The first-order chi connectivity index (χ1) is 14.8. The number of nitrogens with one attached hydrogen (secondary N) is 2. The number of halogens is 1. The van der Waals surface area contributed by atoms with Crippen molar-refractivity contribution in [2.24, 2.45) is 11.0 Å². The van der Waals surface area contributed by atoms with E-state index >= 15 is 0 Å². The van der Waals surface area contributed by atoms with Gasteiger partial charge in [0.05, 0.1) is 11.1 Å². The molecule has 2 amide bonds. The van der Waals surface area contributed by atoms with Gasteiger partial charge in [-0.2, -0.15) is 5.10 Å². The van der Waals surface area contributed by atoms with E-state index < -0.39 is 22.8 Å². The van der Waals surface area contributed by atoms with Crippen LogP contribution in [0.1, 0.15) is 29.8 Å². The number of fused-ring (bicyclic) bond motifs is 1. The molecule has 0 aliphatic carbocycles. The number of carbonyl (C=O) groups is 2. The zero-order valence-corrected chi connectivity index (χ0v) is 17.4. The van der Waals surface area contributed by atoms with Crippen molar-refractivity contribution in [2.75, 3.05) is 6.79 Å². The zero-order chi connectivity index (χ0) is 22.5. The summed E-state index contributed by atoms with van der Waals surface area (Å²) >= 11 is 5.77. The molecule has 10 nitrogen and oxygen atoms in total. The predicted molar refractivity (Wildman–Crippen MR) is 113 cm³/mol. The van der Waals surface area contributed by atoms with Crippen molar-refractivity contribution in [3.05, 3.63) is 62.7 Å². The topological polar surface area (TPSA) is 132 Å². The Morgan fingerprint density at radius 2 is 1.94 bits per heavy atom. The van der Waals surface area contributed by atoms with Gasteiger partial charge < -0.3 is 14.8 Å². The van der Waals surface area contributed by atoms with E-state index in [1.165, 1.54) is 24.4 Å². The molecule has 1 heterocycles. The molecule has 0 saturated carbocycles. The van der Waals surface area contributed by atoms with E-state index in [1.54, 1.807) is 32.0 Å². The number of nitro groups is 1. The Kier molecular flexibility index (Phi) is 6.71. The second kappa shape index (κ2) is 9.43. The Hall–Kier alpha value is -3.66. The molecule has 2 aromatic carbocycles. The van der Waals surface area contributed by atoms with Gasteiger partial charge in [0.1, 0.15) is 11.1 Å². The number of nitro benzene ring substituents is 1. The molecule has 2 aromatic rings. The lowest BCUT2D eigenvalue weighted by Crippen LogP contribution is -2.48. The number of hydrazone groups is 1. The lowest BCUT2D eigenvalue weighted by Gasteiger charge is -2.20. The second-order valence-corrected chi connectivity index (χ2v) is 7.37. The largest absolute Gasteiger partial charge is 0.454 e. The van der Waals surface area contributed by atoms with E-state index in [0.717, 1.165) is 0 Å². The highest BCUT2D eigenvalue weighted by atomic mass is 35.5. The molecule has 2 N–H and O–H groups in total. The molecule has 0 saturated heterocycles. The summed E-state index contributed by atoms with van der Waals surface area (Å²) in [5.41, 5.74) is 2.77. The monoisotopic (exact) mass is 446 g/mol. The van der Waals surface area contributed by atoms with Crippen LogP contribution in [0.3, 0.4) is 0 Å². The summed E-state index contributed by atoms with van der Waals surface area (Å²) in [4.78, 5) is 35.5. The molecule has 0 spiro atoms. The van der Waals surface area contributed by atoms with Gasteiger partial charge in [-0.25, -0.2) is 5.43 Å². The molecule has 0 aromatic heterocycles. The van der Waals surface area contributed by atoms with Crippen molar-refractivity contribution >= 4 is 35.3 Å². The van der Waals surface area contributed by atoms with Gasteiger partial charge in [0.2, 0.25) is 6.79 Å². The molecule has 1 unspecified atom stereocenters. The first kappa shape index (κ1) is 22.0. The van der Waals surface area contributed by atoms with Crippen molar-refractivity contribution in [2.45, 2.75) is 19.9 Å². The molecule has 31 heavy (non-hydrogen) atoms. The van der Waals surface area contributed by atoms with E-state index in [9.17, 15) is 19.7 Å². The predicted octanol–water partition coefficient (Wildman–Crippen LogP) is 2.88. The molecule has 1 atom stereocenters. The molecule has 11 heteroatoms. The van der Waals surface area contributed by atoms with E-state index in [4.69, 9.17) is 21.1 Å². The lowest BCUT2D eigenvalue weighted by atomic mass is 10.0. The molecule has 0 radical (unpaired) electrons. The number of hydrogen-bond acceptors (Lipinski definition) is 7. The average Bonchev–Trinajstić information content (AvgIpc) is 3.20. The SMILES string of the molecule is CC(C)C(NC(=O)c1ccc2c(c1)OCO2)C(=O)NN=Cc1ccc(Cl)c([N+](=O)[O-])c1. The summed E-state index contributed by atoms with van der Waals surface area (Å²) in [6.45, 7) is 3.64. The minimum Gasteiger partial charge on any atom is -0.454 e. The van der Waals surface area contributed by atoms with Crippen LogP contribution in [0.2, 0.25) is 5.02 Å². The molecule has 162 valence electrons. The quantitative estimate of drug-likeness (QED) is 0.382. The molecule has 1 aliphatic heterocycles. The maximum absolute atomic E-state index is 12.6. The Balaban J connectivity index is 1.65. The van der Waals surface area contributed by atoms with Crippen LogP contribution in [-0.4, -0.2) is 35.8 Å². The fourth-order valence-corrected chi connectivity index (χ4v) is 2.97. The molecule has 0 bridgehead atoms. The van der Waals surface area contributed by atoms with E-state index in [0.29, 0.717) is 22.6 Å². The van der Waals surface area contributed by atoms with Crippen LogP contribution in [0.25, 0.3) is 0 Å². The fraction of sp³-hybridized carbons (Fsp3) is 0.250. The Bertz CT molecular complexity index is 1060. The number of ether oxygens (including phenoxy) is 2. The number of nitrogens with zero attached hydrogens (tertiary/aromatic N) is 2. The van der Waals surface area contributed by atoms with E-state index in [1.807, 2.05) is 0 Å². The van der Waals surface area contributed by atoms with Gasteiger partial charge in [0, 0.05) is 17.2 Å². The third-order valence-electron chi connectivity index (χ3n) is 4.43. The summed E-state index contributed by atoms with van der Waals surface area (Å²) in [5, 5.41) is 17.5. The third-order valence-corrected chi connectivity index (χ3v) is 4.75. The molecular formula is C20H19ClN4O6. The van der Waals surface area contributed by atoms with Crippen molar-refractivity contribution in [1.82, 2.24) is 10.7 Å². The highest BCUT2D eigenvalue weighted by Crippen LogP contribution is 2.32. The Morgan fingerprint density at radius 1 is 1.19 bits per heavy atom. The highest BCUT2D eigenvalue weighted by Gasteiger charge is 2.25. The van der Waals surface area contributed by atoms with Crippen molar-refractivity contribution in [1.29, 1.82) is 0 Å². The highest BCUT2D eigenvalue weighted by molar-refractivity contribution is 6.32. The minimum atomic E-state index is -0.866. The van der Waals surface area contributed by atoms with E-state index in [2.05, 4.69) is 15.8 Å². The van der Waals surface area contributed by atoms with Crippen LogP contribution < -0.4 is 20.2 Å². The van der Waals surface area contributed by atoms with Crippen molar-refractivity contribution in [3.63, 3.8) is 0 Å². The van der Waals surface area contributed by atoms with Gasteiger partial charge in [0.25, 0.3) is 17.5 Å². The molecule has 3 rings (SSSR count). The average molecular weight is 447 g/mol. The fourth-order valence-electron chi connectivity index (χ4n) is 2.79. The summed E-state index contributed by atoms with van der Waals surface area (Å²) in [6, 6.07) is 7.99. The number of carbonyl (C=O) groups excluding carboxylic acids is 2. The van der Waals surface area contributed by atoms with Crippen LogP contribution >= 0.6 is 11.6 Å². The van der Waals surface area contributed by atoms with Crippen LogP contribution in [0, 0.1) is 16.0 Å². The standard InChI is InChI=1S/C20H19ClN4O6/c1-11(2)18(23-19(26)13-4-6-16-17(8-13)31-10-30-16)20(27)24-22-9-12-3-5-14(21)15(7-12)25(28)29/h3-9,11,18H,10H2,1-2H3,(H,23,26)(H,24,27). The van der Waals surface area contributed by atoms with E-state index in [-0.39, 0.29) is 23.4 Å². The van der Waals surface area contributed by atoms with Crippen LogP contribution in [0.4, 0.5) is 5.69 Å². The second-order valence-electron chi connectivity index (χ2n) is 6.97. The van der Waals surface area contributed by atoms with Gasteiger partial charge in [-0.15, -0.1) is 0 Å². The van der Waals surface area contributed by atoms with Crippen molar-refractivity contribution in [3.8, 4) is 11.5 Å². The van der Waals surface area contributed by atoms with Crippen molar-refractivity contribution < 1.29 is 24.0 Å². The number of hydrogen-bond donors (Lipinski definition) is 2. The number of benzene rings is 2. The number of rotatable bonds is 7. The lowest BCUT2D eigenvalue weighted by molar-refractivity contribution is -0.384. The Labute approximate surface area is 182 Å². The molecule has 0 fully saturated rings. The summed E-state index contributed by atoms with van der Waals surface area (Å²) in [7, 11) is 0. The minimum absolute atomic E-state index is 0.00251. The summed E-state index contributed by atoms with van der Waals surface area (Å²) in [6.07, 6.45) is 1.25. The first-order valence-corrected chi connectivity index (χ1v) is 9.61. The molecular weight excluding hydrogens is 428 g/mol. The van der Waals surface area contributed by atoms with Crippen LogP contribution in [-0.2, 0) is 4.79 Å². The van der Waals surface area contributed by atoms with Gasteiger partial charge in [0.15, 0.2) is 11.5 Å². The number of amides is 2. The van der Waals surface area contributed by atoms with Crippen LogP contribution in [0.5, 0.6) is 11.5 Å². The maximum Gasteiger partial charge on any atom is 0.288 e. The normalized spacial score (nSPS) is 13.3. The first-order valence-electron chi connectivity index (χ1n) is 9.23. The maximum atomic E-state index is 12.6. The zero-order valence-electron chi connectivity index (χ0n) is 16.6. The summed E-state index contributed by atoms with van der Waals surface area (Å²) < 4.78 is 10.5. The van der Waals surface area contributed by atoms with Crippen LogP contribution in [0.15, 0.2) is 41.5 Å². The smallest absolute Gasteiger partial charge is 0.288 e. The third kappa shape index (κ3) is 5.28. The van der Waals surface area contributed by atoms with Gasteiger partial charge >= 0.3 is 0 Å². The van der Waals surface area contributed by atoms with Gasteiger partial charge in [-0.3, -0.25) is 19.7 Å².